The molecule has 2 heterocycles. The molecule has 1 atom stereocenters. The molecule has 176 valence electrons. The van der Waals surface area contributed by atoms with Crippen LogP contribution in [0.25, 0.3) is 0 Å². The van der Waals surface area contributed by atoms with Crippen molar-refractivity contribution in [3.63, 3.8) is 0 Å². The highest BCUT2D eigenvalue weighted by molar-refractivity contribution is 7.09. The molecule has 1 aromatic heterocycles. The van der Waals surface area contributed by atoms with Crippen LogP contribution in [0.4, 0.5) is 13.2 Å². The third-order valence-electron chi connectivity index (χ3n) is 5.12. The predicted octanol–water partition coefficient (Wildman–Crippen LogP) is 5.00. The van der Waals surface area contributed by atoms with Crippen molar-refractivity contribution in [1.82, 2.24) is 9.88 Å². The molecule has 1 aromatic carbocycles. The summed E-state index contributed by atoms with van der Waals surface area (Å²) in [5.74, 6) is -0.315. The molecular weight excluding hydrogens is 439 g/mol. The Morgan fingerprint density at radius 2 is 2.00 bits per heavy atom. The summed E-state index contributed by atoms with van der Waals surface area (Å²) in [6.07, 6.45) is -1.67. The van der Waals surface area contributed by atoms with E-state index in [4.69, 9.17) is 4.74 Å². The average molecular weight is 470 g/mol. The molecule has 5 nitrogen and oxygen atoms in total. The van der Waals surface area contributed by atoms with Gasteiger partial charge in [0.05, 0.1) is 11.1 Å². The number of carbonyl (C=O) groups is 1. The molecule has 0 radical (unpaired) electrons. The van der Waals surface area contributed by atoms with Crippen LogP contribution in [0.5, 0.6) is 5.75 Å². The minimum atomic E-state index is -4.57. The summed E-state index contributed by atoms with van der Waals surface area (Å²) < 4.78 is 47.6. The summed E-state index contributed by atoms with van der Waals surface area (Å²) in [5, 5.41) is 3.17. The Kier molecular flexibility index (Phi) is 7.19. The molecule has 1 aliphatic heterocycles. The van der Waals surface area contributed by atoms with Gasteiger partial charge in [0.25, 0.3) is 5.91 Å². The number of hydrogen-bond acceptors (Lipinski definition) is 4. The third-order valence-corrected chi connectivity index (χ3v) is 6.57. The first kappa shape index (κ1) is 24.5. The van der Waals surface area contributed by atoms with Crippen molar-refractivity contribution in [1.29, 1.82) is 0 Å². The second-order valence-corrected chi connectivity index (χ2v) is 10.6. The Morgan fingerprint density at radius 3 is 2.53 bits per heavy atom. The molecule has 2 aromatic rings. The fourth-order valence-electron chi connectivity index (χ4n) is 3.17. The van der Waals surface area contributed by atoms with E-state index in [2.05, 4.69) is 44.9 Å². The number of rotatable bonds is 6. The minimum absolute atomic E-state index is 0.114. The summed E-state index contributed by atoms with van der Waals surface area (Å²) in [7, 11) is 0. The van der Waals surface area contributed by atoms with Crippen LogP contribution in [0.2, 0.25) is 0 Å². The van der Waals surface area contributed by atoms with Gasteiger partial charge in [-0.05, 0) is 42.5 Å². The predicted molar refractivity (Wildman–Crippen MR) is 119 cm³/mol. The van der Waals surface area contributed by atoms with Gasteiger partial charge in [0.1, 0.15) is 12.4 Å². The number of thiazole rings is 1. The second kappa shape index (κ2) is 9.39. The molecule has 1 amide bonds. The zero-order valence-electron chi connectivity index (χ0n) is 19.0. The van der Waals surface area contributed by atoms with E-state index >= 15 is 0 Å². The summed E-state index contributed by atoms with van der Waals surface area (Å²) in [6, 6.07) is 3.11. The Morgan fingerprint density at radius 1 is 1.31 bits per heavy atom. The lowest BCUT2D eigenvalue weighted by molar-refractivity contribution is -0.137. The number of halogens is 3. The Hall–Kier alpha value is -2.13. The molecule has 1 fully saturated rings. The monoisotopic (exact) mass is 469 g/mol. The normalized spacial score (nSPS) is 17.5. The van der Waals surface area contributed by atoms with Crippen molar-refractivity contribution in [2.24, 2.45) is 10.9 Å². The SMILES string of the molecule is CC(C)Cn1cc(C(C)(C)C)s/c1=N\C(=O)c1cc(C(F)(F)F)ccc1OC[C@@H]1CCN1. The molecule has 1 saturated heterocycles. The summed E-state index contributed by atoms with van der Waals surface area (Å²) in [5.41, 5.74) is -1.22. The van der Waals surface area contributed by atoms with Gasteiger partial charge in [-0.2, -0.15) is 18.2 Å². The molecule has 3 rings (SSSR count). The van der Waals surface area contributed by atoms with Crippen LogP contribution in [-0.2, 0) is 18.1 Å². The quantitative estimate of drug-likeness (QED) is 0.648. The van der Waals surface area contributed by atoms with Gasteiger partial charge in [-0.1, -0.05) is 34.6 Å². The lowest BCUT2D eigenvalue weighted by Crippen LogP contribution is -2.46. The van der Waals surface area contributed by atoms with Crippen molar-refractivity contribution >= 4 is 17.2 Å². The minimum Gasteiger partial charge on any atom is -0.491 e. The van der Waals surface area contributed by atoms with Crippen LogP contribution in [0.15, 0.2) is 29.4 Å². The lowest BCUT2D eigenvalue weighted by Gasteiger charge is -2.27. The highest BCUT2D eigenvalue weighted by atomic mass is 32.1. The lowest BCUT2D eigenvalue weighted by atomic mass is 9.95. The standard InChI is InChI=1S/C23H30F3N3O2S/c1-14(2)11-29-12-19(22(3,4)5)32-21(29)28-20(30)17-10-15(23(24,25)26)6-7-18(17)31-13-16-8-9-27-16/h6-7,10,12,14,16,27H,8-9,11,13H2,1-5H3/b28-21-/t16-/m0/s1. The van der Waals surface area contributed by atoms with E-state index in [1.807, 2.05) is 10.8 Å². The fraction of sp³-hybridized carbons (Fsp3) is 0.565. The number of benzene rings is 1. The molecule has 1 aliphatic rings. The molecule has 0 spiro atoms. The first-order chi connectivity index (χ1) is 14.8. The molecular formula is C23H30F3N3O2S. The number of amides is 1. The van der Waals surface area contributed by atoms with E-state index in [0.717, 1.165) is 30.0 Å². The van der Waals surface area contributed by atoms with Gasteiger partial charge in [0.2, 0.25) is 0 Å². The van der Waals surface area contributed by atoms with Gasteiger partial charge in [-0.15, -0.1) is 11.3 Å². The molecule has 1 N–H and O–H groups in total. The Bertz CT molecular complexity index is 1030. The van der Waals surface area contributed by atoms with Crippen LogP contribution >= 0.6 is 11.3 Å². The summed E-state index contributed by atoms with van der Waals surface area (Å²) in [4.78, 5) is 18.9. The third kappa shape index (κ3) is 6.01. The van der Waals surface area contributed by atoms with Crippen molar-refractivity contribution in [3.8, 4) is 5.75 Å². The molecule has 0 unspecified atom stereocenters. The van der Waals surface area contributed by atoms with Crippen LogP contribution < -0.4 is 14.9 Å². The number of aromatic nitrogens is 1. The van der Waals surface area contributed by atoms with Gasteiger partial charge in [0, 0.05) is 23.7 Å². The van der Waals surface area contributed by atoms with Gasteiger partial charge < -0.3 is 14.6 Å². The largest absolute Gasteiger partial charge is 0.491 e. The number of hydrogen-bond donors (Lipinski definition) is 1. The smallest absolute Gasteiger partial charge is 0.416 e. The van der Waals surface area contributed by atoms with Crippen molar-refractivity contribution < 1.29 is 22.7 Å². The fourth-order valence-corrected chi connectivity index (χ4v) is 4.22. The highest BCUT2D eigenvalue weighted by Crippen LogP contribution is 2.33. The van der Waals surface area contributed by atoms with Gasteiger partial charge in [-0.3, -0.25) is 4.79 Å². The van der Waals surface area contributed by atoms with E-state index in [1.54, 1.807) is 0 Å². The highest BCUT2D eigenvalue weighted by Gasteiger charge is 2.32. The zero-order chi connectivity index (χ0) is 23.7. The summed E-state index contributed by atoms with van der Waals surface area (Å²) >= 11 is 1.38. The number of alkyl halides is 3. The molecule has 0 bridgehead atoms. The van der Waals surface area contributed by atoms with Crippen molar-refractivity contribution in [3.05, 3.63) is 45.2 Å². The van der Waals surface area contributed by atoms with Crippen molar-refractivity contribution in [2.75, 3.05) is 13.2 Å². The van der Waals surface area contributed by atoms with E-state index in [9.17, 15) is 18.0 Å². The van der Waals surface area contributed by atoms with Gasteiger partial charge >= 0.3 is 6.18 Å². The maximum atomic E-state index is 13.3. The number of nitrogens with zero attached hydrogens (tertiary/aromatic N) is 2. The topological polar surface area (TPSA) is 55.6 Å². The van der Waals surface area contributed by atoms with Gasteiger partial charge in [-0.25, -0.2) is 0 Å². The van der Waals surface area contributed by atoms with Crippen LogP contribution in [0.3, 0.4) is 0 Å². The number of carbonyl (C=O) groups excluding carboxylic acids is 1. The Labute approximate surface area is 190 Å². The van der Waals surface area contributed by atoms with Crippen LogP contribution in [-0.4, -0.2) is 29.7 Å². The van der Waals surface area contributed by atoms with Gasteiger partial charge in [0.15, 0.2) is 4.80 Å². The Balaban J connectivity index is 2.02. The average Bonchev–Trinajstić information content (AvgIpc) is 3.01. The van der Waals surface area contributed by atoms with E-state index in [1.165, 1.54) is 17.4 Å². The van der Waals surface area contributed by atoms with Crippen LogP contribution in [0.1, 0.15) is 61.8 Å². The summed E-state index contributed by atoms with van der Waals surface area (Å²) in [6.45, 7) is 12.1. The molecule has 32 heavy (non-hydrogen) atoms. The van der Waals surface area contributed by atoms with Crippen LogP contribution in [0, 0.1) is 5.92 Å². The first-order valence-electron chi connectivity index (χ1n) is 10.7. The van der Waals surface area contributed by atoms with E-state index in [-0.39, 0.29) is 29.4 Å². The number of nitrogens with one attached hydrogen (secondary N) is 1. The molecule has 0 aliphatic carbocycles. The van der Waals surface area contributed by atoms with E-state index < -0.39 is 17.6 Å². The molecule has 0 saturated carbocycles. The van der Waals surface area contributed by atoms with Crippen molar-refractivity contribution in [2.45, 2.75) is 65.2 Å². The maximum Gasteiger partial charge on any atom is 0.416 e. The number of ether oxygens (including phenoxy) is 1. The molecule has 9 heteroatoms. The zero-order valence-corrected chi connectivity index (χ0v) is 19.9. The van der Waals surface area contributed by atoms with E-state index in [0.29, 0.717) is 17.3 Å². The first-order valence-corrected chi connectivity index (χ1v) is 11.5. The second-order valence-electron chi connectivity index (χ2n) is 9.55. The maximum absolute atomic E-state index is 13.3.